The number of carbonyl (C=O) groups excluding carboxylic acids is 1. The lowest BCUT2D eigenvalue weighted by molar-refractivity contribution is 0.0414. The van der Waals surface area contributed by atoms with Crippen molar-refractivity contribution >= 4 is 6.09 Å². The van der Waals surface area contributed by atoms with Gasteiger partial charge in [0, 0.05) is 6.07 Å². The maximum absolute atomic E-state index is 13.5. The van der Waals surface area contributed by atoms with Gasteiger partial charge in [-0.15, -0.1) is 0 Å². The molecular formula is C22H27F2NO3. The van der Waals surface area contributed by atoms with Crippen LogP contribution in [0.25, 0.3) is 0 Å². The van der Waals surface area contributed by atoms with Crippen LogP contribution in [0, 0.1) is 11.6 Å². The molecule has 6 heteroatoms. The molecule has 0 aliphatic carbocycles. The number of aryl methyl sites for hydroxylation is 1. The first-order valence-electron chi connectivity index (χ1n) is 9.29. The highest BCUT2D eigenvalue weighted by atomic mass is 19.1. The summed E-state index contributed by atoms with van der Waals surface area (Å²) in [4.78, 5) is 12.2. The molecule has 0 aliphatic heterocycles. The van der Waals surface area contributed by atoms with E-state index >= 15 is 0 Å². The number of rotatable bonds is 7. The van der Waals surface area contributed by atoms with E-state index in [-0.39, 0.29) is 6.42 Å². The molecule has 0 aliphatic rings. The van der Waals surface area contributed by atoms with Crippen LogP contribution >= 0.6 is 0 Å². The third kappa shape index (κ3) is 7.64. The van der Waals surface area contributed by atoms with Crippen molar-refractivity contribution in [3.8, 4) is 0 Å². The highest BCUT2D eigenvalue weighted by molar-refractivity contribution is 5.68. The smallest absolute Gasteiger partial charge is 0.407 e. The highest BCUT2D eigenvalue weighted by Crippen LogP contribution is 2.16. The van der Waals surface area contributed by atoms with Gasteiger partial charge in [-0.2, -0.15) is 0 Å². The van der Waals surface area contributed by atoms with E-state index in [9.17, 15) is 18.7 Å². The average molecular weight is 391 g/mol. The summed E-state index contributed by atoms with van der Waals surface area (Å²) in [7, 11) is 0. The fourth-order valence-corrected chi connectivity index (χ4v) is 2.89. The zero-order valence-electron chi connectivity index (χ0n) is 16.4. The van der Waals surface area contributed by atoms with Gasteiger partial charge in [0.25, 0.3) is 0 Å². The fraction of sp³-hybridized carbons (Fsp3) is 0.409. The molecule has 2 aromatic carbocycles. The third-order valence-electron chi connectivity index (χ3n) is 4.12. The lowest BCUT2D eigenvalue weighted by Crippen LogP contribution is -2.47. The summed E-state index contributed by atoms with van der Waals surface area (Å²) < 4.78 is 32.3. The van der Waals surface area contributed by atoms with E-state index in [1.165, 1.54) is 12.1 Å². The molecule has 2 atom stereocenters. The van der Waals surface area contributed by atoms with Crippen LogP contribution in [0.15, 0.2) is 48.5 Å². The van der Waals surface area contributed by atoms with Crippen molar-refractivity contribution in [2.45, 2.75) is 57.8 Å². The molecule has 28 heavy (non-hydrogen) atoms. The molecule has 152 valence electrons. The standard InChI is InChI=1S/C22H27F2NO3/c1-22(2,3)28-21(27)25-19(13-16-11-17(23)14-18(24)12-16)20(26)10-9-15-7-5-4-6-8-15/h4-8,11-12,14,19-20,26H,9-10,13H2,1-3H3,(H,25,27)/t19-,20?/m0/s1. The summed E-state index contributed by atoms with van der Waals surface area (Å²) in [5.74, 6) is -1.41. The Kier molecular flexibility index (Phi) is 7.52. The molecule has 2 aromatic rings. The van der Waals surface area contributed by atoms with Gasteiger partial charge in [-0.25, -0.2) is 13.6 Å². The van der Waals surface area contributed by atoms with Crippen LogP contribution in [-0.4, -0.2) is 28.9 Å². The molecule has 0 radical (unpaired) electrons. The van der Waals surface area contributed by atoms with E-state index in [0.717, 1.165) is 11.6 Å². The number of alkyl carbamates (subject to hydrolysis) is 1. The van der Waals surface area contributed by atoms with Gasteiger partial charge in [-0.05, 0) is 63.3 Å². The normalized spacial score (nSPS) is 13.6. The Bertz CT molecular complexity index is 755. The second kappa shape index (κ2) is 9.64. The van der Waals surface area contributed by atoms with Crippen LogP contribution in [0.5, 0.6) is 0 Å². The topological polar surface area (TPSA) is 58.6 Å². The zero-order chi connectivity index (χ0) is 20.7. The van der Waals surface area contributed by atoms with E-state index < -0.39 is 35.5 Å². The number of amides is 1. The van der Waals surface area contributed by atoms with Crippen molar-refractivity contribution in [1.82, 2.24) is 5.32 Å². The second-order valence-electron chi connectivity index (χ2n) is 7.83. The van der Waals surface area contributed by atoms with Crippen molar-refractivity contribution in [1.29, 1.82) is 0 Å². The minimum absolute atomic E-state index is 0.0733. The van der Waals surface area contributed by atoms with Gasteiger partial charge in [0.2, 0.25) is 0 Å². The molecular weight excluding hydrogens is 364 g/mol. The molecule has 1 unspecified atom stereocenters. The van der Waals surface area contributed by atoms with Crippen molar-refractivity contribution < 1.29 is 23.4 Å². The average Bonchev–Trinajstić information content (AvgIpc) is 2.57. The number of hydrogen-bond acceptors (Lipinski definition) is 3. The van der Waals surface area contributed by atoms with Crippen molar-refractivity contribution in [3.05, 3.63) is 71.3 Å². The molecule has 4 nitrogen and oxygen atoms in total. The Labute approximate surface area is 164 Å². The highest BCUT2D eigenvalue weighted by Gasteiger charge is 2.25. The molecule has 0 spiro atoms. The number of aliphatic hydroxyl groups is 1. The number of nitrogens with one attached hydrogen (secondary N) is 1. The Balaban J connectivity index is 2.10. The minimum atomic E-state index is -0.918. The number of hydrogen-bond donors (Lipinski definition) is 2. The van der Waals surface area contributed by atoms with Crippen molar-refractivity contribution in [2.75, 3.05) is 0 Å². The van der Waals surface area contributed by atoms with Gasteiger partial charge in [0.15, 0.2) is 0 Å². The Hall–Kier alpha value is -2.47. The summed E-state index contributed by atoms with van der Waals surface area (Å²) in [5, 5.41) is 13.3. The SMILES string of the molecule is CC(C)(C)OC(=O)N[C@@H](Cc1cc(F)cc(F)c1)C(O)CCc1ccccc1. The molecule has 0 aromatic heterocycles. The number of carbonyl (C=O) groups is 1. The first-order valence-corrected chi connectivity index (χ1v) is 9.29. The van der Waals surface area contributed by atoms with E-state index in [0.29, 0.717) is 18.4 Å². The monoisotopic (exact) mass is 391 g/mol. The van der Waals surface area contributed by atoms with E-state index in [4.69, 9.17) is 4.74 Å². The second-order valence-corrected chi connectivity index (χ2v) is 7.83. The first kappa shape index (κ1) is 21.8. The number of benzene rings is 2. The molecule has 0 saturated heterocycles. The molecule has 2 rings (SSSR count). The molecule has 1 amide bonds. The summed E-state index contributed by atoms with van der Waals surface area (Å²) in [6.07, 6.45) is -0.551. The molecule has 0 bridgehead atoms. The number of ether oxygens (including phenoxy) is 1. The van der Waals surface area contributed by atoms with Gasteiger partial charge in [-0.1, -0.05) is 30.3 Å². The van der Waals surface area contributed by atoms with Crippen LogP contribution in [0.1, 0.15) is 38.3 Å². The Morgan fingerprint density at radius 2 is 1.68 bits per heavy atom. The van der Waals surface area contributed by atoms with Crippen molar-refractivity contribution in [2.24, 2.45) is 0 Å². The molecule has 0 heterocycles. The van der Waals surface area contributed by atoms with Crippen LogP contribution in [-0.2, 0) is 17.6 Å². The predicted octanol–water partition coefficient (Wildman–Crippen LogP) is 4.39. The van der Waals surface area contributed by atoms with Gasteiger partial charge in [0.1, 0.15) is 17.2 Å². The minimum Gasteiger partial charge on any atom is -0.444 e. The summed E-state index contributed by atoms with van der Waals surface area (Å²) in [6, 6.07) is 12.0. The molecule has 0 fully saturated rings. The number of aliphatic hydroxyl groups excluding tert-OH is 1. The van der Waals surface area contributed by atoms with Gasteiger partial charge < -0.3 is 15.2 Å². The maximum atomic E-state index is 13.5. The lowest BCUT2D eigenvalue weighted by atomic mass is 9.96. The largest absolute Gasteiger partial charge is 0.444 e. The quantitative estimate of drug-likeness (QED) is 0.736. The molecule has 2 N–H and O–H groups in total. The zero-order valence-corrected chi connectivity index (χ0v) is 16.4. The summed E-state index contributed by atoms with van der Waals surface area (Å²) >= 11 is 0. The molecule has 0 saturated carbocycles. The lowest BCUT2D eigenvalue weighted by Gasteiger charge is -2.27. The Morgan fingerprint density at radius 1 is 1.07 bits per heavy atom. The van der Waals surface area contributed by atoms with Crippen LogP contribution in [0.4, 0.5) is 13.6 Å². The fourth-order valence-electron chi connectivity index (χ4n) is 2.89. The van der Waals surface area contributed by atoms with Crippen LogP contribution in [0.3, 0.4) is 0 Å². The Morgan fingerprint density at radius 3 is 2.25 bits per heavy atom. The number of halogens is 2. The van der Waals surface area contributed by atoms with Crippen LogP contribution in [0.2, 0.25) is 0 Å². The van der Waals surface area contributed by atoms with Crippen LogP contribution < -0.4 is 5.32 Å². The van der Waals surface area contributed by atoms with Crippen molar-refractivity contribution in [3.63, 3.8) is 0 Å². The van der Waals surface area contributed by atoms with E-state index in [1.54, 1.807) is 20.8 Å². The van der Waals surface area contributed by atoms with E-state index in [1.807, 2.05) is 30.3 Å². The predicted molar refractivity (Wildman–Crippen MR) is 104 cm³/mol. The third-order valence-corrected chi connectivity index (χ3v) is 4.12. The van der Waals surface area contributed by atoms with E-state index in [2.05, 4.69) is 5.32 Å². The first-order chi connectivity index (χ1) is 13.1. The summed E-state index contributed by atoms with van der Waals surface area (Å²) in [5.41, 5.74) is 0.695. The van der Waals surface area contributed by atoms with Gasteiger partial charge in [-0.3, -0.25) is 0 Å². The van der Waals surface area contributed by atoms with Gasteiger partial charge in [0.05, 0.1) is 12.1 Å². The maximum Gasteiger partial charge on any atom is 0.407 e. The summed E-state index contributed by atoms with van der Waals surface area (Å²) in [6.45, 7) is 5.19. The van der Waals surface area contributed by atoms with Gasteiger partial charge >= 0.3 is 6.09 Å².